The summed E-state index contributed by atoms with van der Waals surface area (Å²) in [6.45, 7) is 5.08. The number of hydrogen-bond donors (Lipinski definition) is 0. The van der Waals surface area contributed by atoms with Crippen LogP contribution in [0.4, 0.5) is 0 Å². The zero-order chi connectivity index (χ0) is 22.4. The van der Waals surface area contributed by atoms with Gasteiger partial charge in [0.25, 0.3) is 0 Å². The number of halogens is 1. The van der Waals surface area contributed by atoms with E-state index in [9.17, 15) is 9.59 Å². The van der Waals surface area contributed by atoms with Gasteiger partial charge in [-0.05, 0) is 41.2 Å². The smallest absolute Gasteiger partial charge is 0.302 e. The molecule has 1 saturated heterocycles. The molecule has 0 aromatic heterocycles. The molecule has 3 rings (SSSR count). The molecule has 6 heteroatoms. The number of ether oxygens (including phenoxy) is 3. The van der Waals surface area contributed by atoms with Crippen molar-refractivity contribution < 1.29 is 23.8 Å². The SMILES string of the molecule is CCc1ccc(Cc2cc(C3CC(OC(C)=O)CC(COC(C)=O)O3)ccc2Br)cc1. The minimum atomic E-state index is -0.352. The number of carbonyl (C=O) groups excluding carboxylic acids is 2. The molecule has 0 aliphatic carbocycles. The van der Waals surface area contributed by atoms with E-state index in [0.717, 1.165) is 28.4 Å². The van der Waals surface area contributed by atoms with Gasteiger partial charge in [-0.15, -0.1) is 0 Å². The van der Waals surface area contributed by atoms with E-state index in [1.807, 2.05) is 12.1 Å². The second-order valence-corrected chi connectivity index (χ2v) is 8.80. The van der Waals surface area contributed by atoms with E-state index in [0.29, 0.717) is 12.8 Å². The Morgan fingerprint density at radius 2 is 1.74 bits per heavy atom. The normalized spacial score (nSPS) is 20.8. The molecule has 1 aliphatic heterocycles. The topological polar surface area (TPSA) is 61.8 Å². The van der Waals surface area contributed by atoms with Gasteiger partial charge in [0.05, 0.1) is 12.2 Å². The van der Waals surface area contributed by atoms with Gasteiger partial charge in [0.15, 0.2) is 0 Å². The number of hydrogen-bond acceptors (Lipinski definition) is 5. The molecule has 1 aliphatic rings. The zero-order valence-corrected chi connectivity index (χ0v) is 19.8. The van der Waals surface area contributed by atoms with Crippen molar-refractivity contribution >= 4 is 27.9 Å². The van der Waals surface area contributed by atoms with Crippen molar-refractivity contribution in [3.63, 3.8) is 0 Å². The average Bonchev–Trinajstić information content (AvgIpc) is 2.73. The number of rotatable bonds is 7. The summed E-state index contributed by atoms with van der Waals surface area (Å²) in [5.74, 6) is -0.668. The quantitative estimate of drug-likeness (QED) is 0.493. The summed E-state index contributed by atoms with van der Waals surface area (Å²) in [7, 11) is 0. The molecule has 0 amide bonds. The molecule has 5 nitrogen and oxygen atoms in total. The van der Waals surface area contributed by atoms with Gasteiger partial charge in [-0.1, -0.05) is 59.3 Å². The molecule has 0 saturated carbocycles. The standard InChI is InChI=1S/C25H29BrO5/c1-4-18-5-7-19(8-6-18)11-21-12-20(9-10-24(21)26)25-14-22(30-17(3)28)13-23(31-25)15-29-16(2)27/h5-10,12,22-23,25H,4,11,13-15H2,1-3H3. The Morgan fingerprint density at radius 3 is 2.39 bits per heavy atom. The van der Waals surface area contributed by atoms with Crippen molar-refractivity contribution in [2.75, 3.05) is 6.61 Å². The van der Waals surface area contributed by atoms with E-state index in [-0.39, 0.29) is 36.9 Å². The van der Waals surface area contributed by atoms with Gasteiger partial charge < -0.3 is 14.2 Å². The van der Waals surface area contributed by atoms with Crippen LogP contribution in [0.2, 0.25) is 0 Å². The molecule has 3 atom stereocenters. The van der Waals surface area contributed by atoms with Crippen molar-refractivity contribution in [3.05, 3.63) is 69.2 Å². The Kier molecular flexibility index (Phi) is 8.27. The summed E-state index contributed by atoms with van der Waals surface area (Å²) < 4.78 is 17.9. The first-order valence-electron chi connectivity index (χ1n) is 10.7. The van der Waals surface area contributed by atoms with Crippen molar-refractivity contribution in [1.29, 1.82) is 0 Å². The number of benzene rings is 2. The molecule has 0 radical (unpaired) electrons. The number of carbonyl (C=O) groups is 2. The van der Waals surface area contributed by atoms with Crippen molar-refractivity contribution in [3.8, 4) is 0 Å². The van der Waals surface area contributed by atoms with Crippen LogP contribution in [0.15, 0.2) is 46.9 Å². The summed E-state index contributed by atoms with van der Waals surface area (Å²) in [4.78, 5) is 22.7. The summed E-state index contributed by atoms with van der Waals surface area (Å²) in [5, 5.41) is 0. The Balaban J connectivity index is 1.79. The van der Waals surface area contributed by atoms with E-state index in [4.69, 9.17) is 14.2 Å². The lowest BCUT2D eigenvalue weighted by atomic mass is 9.93. The summed E-state index contributed by atoms with van der Waals surface area (Å²) >= 11 is 3.67. The van der Waals surface area contributed by atoms with E-state index in [1.54, 1.807) is 0 Å². The monoisotopic (exact) mass is 488 g/mol. The molecule has 1 heterocycles. The van der Waals surface area contributed by atoms with Gasteiger partial charge in [-0.2, -0.15) is 0 Å². The maximum absolute atomic E-state index is 11.5. The predicted molar refractivity (Wildman–Crippen MR) is 122 cm³/mol. The second-order valence-electron chi connectivity index (χ2n) is 7.95. The van der Waals surface area contributed by atoms with Gasteiger partial charge in [0.2, 0.25) is 0 Å². The van der Waals surface area contributed by atoms with Gasteiger partial charge in [-0.3, -0.25) is 9.59 Å². The van der Waals surface area contributed by atoms with Crippen molar-refractivity contribution in [1.82, 2.24) is 0 Å². The largest absolute Gasteiger partial charge is 0.463 e. The number of esters is 2. The lowest BCUT2D eigenvalue weighted by Gasteiger charge is -2.35. The fraction of sp³-hybridized carbons (Fsp3) is 0.440. The Morgan fingerprint density at radius 1 is 1.03 bits per heavy atom. The molecule has 0 N–H and O–H groups in total. The molecule has 166 valence electrons. The molecule has 1 fully saturated rings. The molecule has 2 aromatic carbocycles. The maximum atomic E-state index is 11.5. The van der Waals surface area contributed by atoms with Crippen LogP contribution in [-0.2, 0) is 36.6 Å². The average molecular weight is 489 g/mol. The lowest BCUT2D eigenvalue weighted by molar-refractivity contribution is -0.169. The molecule has 31 heavy (non-hydrogen) atoms. The first kappa shape index (κ1) is 23.5. The minimum absolute atomic E-state index is 0.150. The van der Waals surface area contributed by atoms with Crippen molar-refractivity contribution in [2.24, 2.45) is 0 Å². The third-order valence-corrected chi connectivity index (χ3v) is 6.21. The van der Waals surface area contributed by atoms with Crippen LogP contribution in [-0.4, -0.2) is 30.8 Å². The van der Waals surface area contributed by atoms with Crippen LogP contribution in [0, 0.1) is 0 Å². The first-order valence-corrected chi connectivity index (χ1v) is 11.5. The highest BCUT2D eigenvalue weighted by molar-refractivity contribution is 9.10. The van der Waals surface area contributed by atoms with E-state index >= 15 is 0 Å². The highest BCUT2D eigenvalue weighted by Crippen LogP contribution is 2.35. The Labute approximate surface area is 192 Å². The Bertz CT molecular complexity index is 909. The van der Waals surface area contributed by atoms with E-state index < -0.39 is 0 Å². The molecule has 3 unspecified atom stereocenters. The van der Waals surface area contributed by atoms with Crippen LogP contribution < -0.4 is 0 Å². The van der Waals surface area contributed by atoms with Gasteiger partial charge in [-0.25, -0.2) is 0 Å². The van der Waals surface area contributed by atoms with Crippen LogP contribution >= 0.6 is 15.9 Å². The van der Waals surface area contributed by atoms with Crippen molar-refractivity contribution in [2.45, 2.75) is 64.8 Å². The molecule has 0 spiro atoms. The first-order chi connectivity index (χ1) is 14.8. The summed E-state index contributed by atoms with van der Waals surface area (Å²) in [5.41, 5.74) is 4.75. The summed E-state index contributed by atoms with van der Waals surface area (Å²) in [6, 6.07) is 14.9. The molecule has 2 aromatic rings. The zero-order valence-electron chi connectivity index (χ0n) is 18.2. The van der Waals surface area contributed by atoms with Gasteiger partial charge in [0, 0.05) is 31.2 Å². The highest BCUT2D eigenvalue weighted by atomic mass is 79.9. The van der Waals surface area contributed by atoms with Crippen LogP contribution in [0.1, 0.15) is 62.0 Å². The van der Waals surface area contributed by atoms with Gasteiger partial charge >= 0.3 is 11.9 Å². The predicted octanol–water partition coefficient (Wildman–Crippen LogP) is 5.32. The van der Waals surface area contributed by atoms with Crippen LogP contribution in [0.5, 0.6) is 0 Å². The van der Waals surface area contributed by atoms with E-state index in [1.165, 1.54) is 25.0 Å². The summed E-state index contributed by atoms with van der Waals surface area (Å²) in [6.07, 6.45) is 2.07. The molecular formula is C25H29BrO5. The lowest BCUT2D eigenvalue weighted by Crippen LogP contribution is -2.36. The third-order valence-electron chi connectivity index (χ3n) is 5.43. The number of aryl methyl sites for hydroxylation is 1. The van der Waals surface area contributed by atoms with Crippen LogP contribution in [0.3, 0.4) is 0 Å². The highest BCUT2D eigenvalue weighted by Gasteiger charge is 2.33. The van der Waals surface area contributed by atoms with E-state index in [2.05, 4.69) is 53.2 Å². The fourth-order valence-corrected chi connectivity index (χ4v) is 4.26. The third kappa shape index (κ3) is 6.91. The van der Waals surface area contributed by atoms with Gasteiger partial charge in [0.1, 0.15) is 12.7 Å². The van der Waals surface area contributed by atoms with Crippen LogP contribution in [0.25, 0.3) is 0 Å². The fourth-order valence-electron chi connectivity index (χ4n) is 3.88. The second kappa shape index (κ2) is 10.9. The minimum Gasteiger partial charge on any atom is -0.463 e. The molecule has 0 bridgehead atoms. The molecular weight excluding hydrogens is 460 g/mol. The maximum Gasteiger partial charge on any atom is 0.302 e. The Hall–Kier alpha value is -2.18.